The number of benzene rings is 1. The van der Waals surface area contributed by atoms with Crippen LogP contribution >= 0.6 is 0 Å². The first kappa shape index (κ1) is 11.6. The van der Waals surface area contributed by atoms with E-state index in [2.05, 4.69) is 4.98 Å². The molecule has 0 atom stereocenters. The largest absolute Gasteiger partial charge is 0.478 e. The van der Waals surface area contributed by atoms with Crippen LogP contribution in [-0.4, -0.2) is 32.3 Å². The molecule has 2 aromatic rings. The molecule has 1 aromatic heterocycles. The van der Waals surface area contributed by atoms with Crippen molar-refractivity contribution in [1.82, 2.24) is 9.55 Å². The molecule has 1 aromatic carbocycles. The van der Waals surface area contributed by atoms with Crippen LogP contribution in [0.5, 0.6) is 0 Å². The third-order valence-corrected chi connectivity index (χ3v) is 2.69. The molecule has 0 aliphatic rings. The summed E-state index contributed by atoms with van der Waals surface area (Å²) in [7, 11) is 0. The van der Waals surface area contributed by atoms with Crippen molar-refractivity contribution in [2.75, 3.05) is 6.61 Å². The van der Waals surface area contributed by atoms with Crippen LogP contribution in [-0.2, 0) is 6.54 Å². The fourth-order valence-electron chi connectivity index (χ4n) is 1.83. The van der Waals surface area contributed by atoms with Crippen LogP contribution in [0.4, 0.5) is 0 Å². The Balaban J connectivity index is 2.34. The van der Waals surface area contributed by atoms with Crippen molar-refractivity contribution in [1.29, 1.82) is 0 Å². The lowest BCUT2D eigenvalue weighted by atomic mass is 10.2. The van der Waals surface area contributed by atoms with Crippen LogP contribution in [0.1, 0.15) is 23.2 Å². The van der Waals surface area contributed by atoms with Gasteiger partial charge in [0.05, 0.1) is 17.4 Å². The quantitative estimate of drug-likeness (QED) is 0.769. The van der Waals surface area contributed by atoms with Crippen LogP contribution in [0.25, 0.3) is 11.0 Å². The number of carboxylic acids is 1. The van der Waals surface area contributed by atoms with Gasteiger partial charge in [-0.25, -0.2) is 9.78 Å². The summed E-state index contributed by atoms with van der Waals surface area (Å²) in [5.41, 5.74) is 1.57. The van der Waals surface area contributed by atoms with E-state index in [0.29, 0.717) is 5.52 Å². The molecular formula is C12H14N2O3. The average Bonchev–Trinajstić information content (AvgIpc) is 2.72. The molecule has 2 N–H and O–H groups in total. The van der Waals surface area contributed by atoms with Gasteiger partial charge in [0, 0.05) is 13.2 Å². The van der Waals surface area contributed by atoms with Crippen LogP contribution in [0, 0.1) is 0 Å². The second-order valence-corrected chi connectivity index (χ2v) is 3.85. The van der Waals surface area contributed by atoms with Gasteiger partial charge in [-0.05, 0) is 25.0 Å². The van der Waals surface area contributed by atoms with Crippen molar-refractivity contribution in [2.24, 2.45) is 0 Å². The van der Waals surface area contributed by atoms with Crippen molar-refractivity contribution in [3.63, 3.8) is 0 Å². The van der Waals surface area contributed by atoms with E-state index < -0.39 is 5.97 Å². The minimum atomic E-state index is -0.962. The summed E-state index contributed by atoms with van der Waals surface area (Å²) in [6.07, 6.45) is 3.23. The van der Waals surface area contributed by atoms with Crippen molar-refractivity contribution in [2.45, 2.75) is 19.4 Å². The van der Waals surface area contributed by atoms with Gasteiger partial charge in [-0.2, -0.15) is 0 Å². The van der Waals surface area contributed by atoms with Gasteiger partial charge in [0.15, 0.2) is 0 Å². The van der Waals surface area contributed by atoms with Gasteiger partial charge in [-0.15, -0.1) is 0 Å². The Kier molecular flexibility index (Phi) is 3.39. The van der Waals surface area contributed by atoms with Gasteiger partial charge in [0.25, 0.3) is 0 Å². The maximum Gasteiger partial charge on any atom is 0.337 e. The number of carbonyl (C=O) groups is 1. The molecule has 0 saturated heterocycles. The van der Waals surface area contributed by atoms with Crippen LogP contribution in [0.3, 0.4) is 0 Å². The summed E-state index contributed by atoms with van der Waals surface area (Å²) in [6.45, 7) is 0.910. The second-order valence-electron chi connectivity index (χ2n) is 3.85. The zero-order valence-corrected chi connectivity index (χ0v) is 9.33. The highest BCUT2D eigenvalue weighted by Crippen LogP contribution is 2.17. The molecule has 0 unspecified atom stereocenters. The van der Waals surface area contributed by atoms with Gasteiger partial charge in [-0.1, -0.05) is 6.07 Å². The first-order valence-electron chi connectivity index (χ1n) is 5.52. The molecule has 1 heterocycles. The maximum absolute atomic E-state index is 11.0. The van der Waals surface area contributed by atoms with E-state index >= 15 is 0 Å². The van der Waals surface area contributed by atoms with E-state index in [-0.39, 0.29) is 12.2 Å². The predicted octanol–water partition coefficient (Wildman–Crippen LogP) is 1.51. The fourth-order valence-corrected chi connectivity index (χ4v) is 1.83. The maximum atomic E-state index is 11.0. The van der Waals surface area contributed by atoms with Gasteiger partial charge in [0.1, 0.15) is 5.52 Å². The molecule has 17 heavy (non-hydrogen) atoms. The van der Waals surface area contributed by atoms with E-state index in [0.717, 1.165) is 24.9 Å². The number of aliphatic hydroxyl groups is 1. The zero-order valence-electron chi connectivity index (χ0n) is 9.33. The number of nitrogens with zero attached hydrogens (tertiary/aromatic N) is 2. The van der Waals surface area contributed by atoms with E-state index in [1.54, 1.807) is 18.5 Å². The van der Waals surface area contributed by atoms with Gasteiger partial charge in [-0.3, -0.25) is 0 Å². The van der Waals surface area contributed by atoms with Gasteiger partial charge < -0.3 is 14.8 Å². The summed E-state index contributed by atoms with van der Waals surface area (Å²) < 4.78 is 1.91. The molecule has 0 aliphatic carbocycles. The van der Waals surface area contributed by atoms with Crippen LogP contribution < -0.4 is 0 Å². The van der Waals surface area contributed by atoms with Crippen LogP contribution in [0.2, 0.25) is 0 Å². The highest BCUT2D eigenvalue weighted by atomic mass is 16.4. The van der Waals surface area contributed by atoms with Crippen molar-refractivity contribution in [3.8, 4) is 0 Å². The Morgan fingerprint density at radius 1 is 1.35 bits per heavy atom. The lowest BCUT2D eigenvalue weighted by Crippen LogP contribution is -1.99. The highest BCUT2D eigenvalue weighted by Gasteiger charge is 2.11. The third-order valence-electron chi connectivity index (χ3n) is 2.69. The summed E-state index contributed by atoms with van der Waals surface area (Å²) >= 11 is 0. The minimum Gasteiger partial charge on any atom is -0.478 e. The Morgan fingerprint density at radius 3 is 2.88 bits per heavy atom. The Bertz CT molecular complexity index is 534. The average molecular weight is 234 g/mol. The molecule has 0 amide bonds. The third kappa shape index (κ3) is 2.29. The second kappa shape index (κ2) is 4.97. The standard InChI is InChI=1S/C12H14N2O3/c15-7-2-1-6-14-8-13-11-9(12(16)17)4-3-5-10(11)14/h3-5,8,15H,1-2,6-7H2,(H,16,17). The molecule has 2 rings (SSSR count). The minimum absolute atomic E-state index is 0.174. The molecule has 90 valence electrons. The smallest absolute Gasteiger partial charge is 0.337 e. The van der Waals surface area contributed by atoms with E-state index in [9.17, 15) is 4.79 Å². The number of para-hydroxylation sites is 1. The monoisotopic (exact) mass is 234 g/mol. The fraction of sp³-hybridized carbons (Fsp3) is 0.333. The number of aliphatic hydroxyl groups excluding tert-OH is 1. The topological polar surface area (TPSA) is 75.3 Å². The number of fused-ring (bicyclic) bond motifs is 1. The highest BCUT2D eigenvalue weighted by molar-refractivity contribution is 6.00. The zero-order chi connectivity index (χ0) is 12.3. The van der Waals surface area contributed by atoms with E-state index in [1.165, 1.54) is 0 Å². The Morgan fingerprint density at radius 2 is 2.18 bits per heavy atom. The molecule has 0 fully saturated rings. The first-order chi connectivity index (χ1) is 8.24. The van der Waals surface area contributed by atoms with Crippen molar-refractivity contribution in [3.05, 3.63) is 30.1 Å². The molecule has 0 bridgehead atoms. The Hall–Kier alpha value is -1.88. The summed E-state index contributed by atoms with van der Waals surface area (Å²) in [5, 5.41) is 17.7. The summed E-state index contributed by atoms with van der Waals surface area (Å²) in [6, 6.07) is 5.12. The first-order valence-corrected chi connectivity index (χ1v) is 5.52. The lowest BCUT2D eigenvalue weighted by Gasteiger charge is -2.03. The number of hydrogen-bond acceptors (Lipinski definition) is 3. The van der Waals surface area contributed by atoms with E-state index in [1.807, 2.05) is 10.6 Å². The molecule has 0 aliphatic heterocycles. The summed E-state index contributed by atoms with van der Waals surface area (Å²) in [4.78, 5) is 15.1. The van der Waals surface area contributed by atoms with Crippen LogP contribution in [0.15, 0.2) is 24.5 Å². The van der Waals surface area contributed by atoms with Crippen molar-refractivity contribution >= 4 is 17.0 Å². The SMILES string of the molecule is O=C(O)c1cccc2c1ncn2CCCCO. The molecule has 0 radical (unpaired) electrons. The number of imidazole rings is 1. The number of carboxylic acid groups (broad SMARTS) is 1. The molecule has 5 nitrogen and oxygen atoms in total. The number of unbranched alkanes of at least 4 members (excludes halogenated alkanes) is 1. The van der Waals surface area contributed by atoms with Gasteiger partial charge in [0.2, 0.25) is 0 Å². The number of aromatic nitrogens is 2. The summed E-state index contributed by atoms with van der Waals surface area (Å²) in [5.74, 6) is -0.962. The molecular weight excluding hydrogens is 220 g/mol. The Labute approximate surface area is 98.3 Å². The number of hydrogen-bond donors (Lipinski definition) is 2. The lowest BCUT2D eigenvalue weighted by molar-refractivity contribution is 0.0699. The molecule has 0 spiro atoms. The number of aromatic carboxylic acids is 1. The predicted molar refractivity (Wildman–Crippen MR) is 63.0 cm³/mol. The molecule has 5 heteroatoms. The normalized spacial score (nSPS) is 10.9. The molecule has 0 saturated carbocycles. The van der Waals surface area contributed by atoms with Gasteiger partial charge >= 0.3 is 5.97 Å². The number of rotatable bonds is 5. The van der Waals surface area contributed by atoms with Crippen molar-refractivity contribution < 1.29 is 15.0 Å². The number of aryl methyl sites for hydroxylation is 1. The van der Waals surface area contributed by atoms with E-state index in [4.69, 9.17) is 10.2 Å².